The number of aromatic carboxylic acids is 2. The predicted octanol–water partition coefficient (Wildman–Crippen LogP) is 1.70. The summed E-state index contributed by atoms with van der Waals surface area (Å²) in [5, 5.41) is 34.1. The Labute approximate surface area is 158 Å². The molecule has 10 nitrogen and oxygen atoms in total. The third-order valence-electron chi connectivity index (χ3n) is 2.94. The SMILES string of the molecule is O=C(O)COc1ccccc1C(=O)O.O=C(O)COc1ccccc1C(=O)O. The zero-order valence-electron chi connectivity index (χ0n) is 14.3. The van der Waals surface area contributed by atoms with E-state index in [1.807, 2.05) is 0 Å². The molecule has 0 spiro atoms. The van der Waals surface area contributed by atoms with Crippen LogP contribution in [0.3, 0.4) is 0 Å². The van der Waals surface area contributed by atoms with E-state index in [0.717, 1.165) is 0 Å². The molecule has 148 valence electrons. The van der Waals surface area contributed by atoms with Crippen LogP contribution in [0.15, 0.2) is 48.5 Å². The molecule has 4 N–H and O–H groups in total. The van der Waals surface area contributed by atoms with Gasteiger partial charge in [0.15, 0.2) is 13.2 Å². The number of rotatable bonds is 8. The zero-order chi connectivity index (χ0) is 21.1. The number of hydrogen-bond donors (Lipinski definition) is 4. The number of hydrogen-bond acceptors (Lipinski definition) is 6. The van der Waals surface area contributed by atoms with Crippen molar-refractivity contribution < 1.29 is 49.1 Å². The molecule has 2 aromatic carbocycles. The molecule has 0 amide bonds. The molecule has 0 bridgehead atoms. The fourth-order valence-corrected chi connectivity index (χ4v) is 1.82. The van der Waals surface area contributed by atoms with E-state index in [-0.39, 0.29) is 22.6 Å². The smallest absolute Gasteiger partial charge is 0.341 e. The lowest BCUT2D eigenvalue weighted by atomic mass is 10.2. The van der Waals surface area contributed by atoms with Gasteiger partial charge in [0.25, 0.3) is 0 Å². The first-order chi connectivity index (χ1) is 13.2. The zero-order valence-corrected chi connectivity index (χ0v) is 14.3. The topological polar surface area (TPSA) is 168 Å². The summed E-state index contributed by atoms with van der Waals surface area (Å²) in [5.41, 5.74) is -0.0949. The van der Waals surface area contributed by atoms with Gasteiger partial charge in [-0.15, -0.1) is 0 Å². The summed E-state index contributed by atoms with van der Waals surface area (Å²) in [4.78, 5) is 41.6. The summed E-state index contributed by atoms with van der Waals surface area (Å²) in [6.45, 7) is -1.10. The molecule has 0 fully saturated rings. The standard InChI is InChI=1S/2C9H8O5/c2*10-8(11)5-14-7-4-2-1-3-6(7)9(12)13/h2*1-4H,5H2,(H,10,11)(H,12,13). The van der Waals surface area contributed by atoms with E-state index >= 15 is 0 Å². The molecule has 2 rings (SSSR count). The minimum absolute atomic E-state index is 0.0475. The minimum atomic E-state index is -1.15. The molecule has 10 heteroatoms. The van der Waals surface area contributed by atoms with Gasteiger partial charge in [-0.3, -0.25) is 0 Å². The van der Waals surface area contributed by atoms with Crippen molar-refractivity contribution in [3.8, 4) is 11.5 Å². The molecule has 0 atom stereocenters. The molecule has 0 heterocycles. The molecule has 0 aliphatic carbocycles. The van der Waals surface area contributed by atoms with Crippen LogP contribution in [0.5, 0.6) is 11.5 Å². The van der Waals surface area contributed by atoms with Gasteiger partial charge >= 0.3 is 23.9 Å². The average Bonchev–Trinajstić information content (AvgIpc) is 2.65. The van der Waals surface area contributed by atoms with Crippen molar-refractivity contribution in [1.82, 2.24) is 0 Å². The Bertz CT molecular complexity index is 787. The molecular weight excluding hydrogens is 376 g/mol. The van der Waals surface area contributed by atoms with E-state index in [0.29, 0.717) is 0 Å². The highest BCUT2D eigenvalue weighted by molar-refractivity contribution is 5.91. The van der Waals surface area contributed by atoms with Gasteiger partial charge in [-0.1, -0.05) is 24.3 Å². The Morgan fingerprint density at radius 2 is 0.929 bits per heavy atom. The van der Waals surface area contributed by atoms with Crippen LogP contribution in [0.2, 0.25) is 0 Å². The number of carboxylic acids is 4. The van der Waals surface area contributed by atoms with Crippen molar-refractivity contribution in [3.63, 3.8) is 0 Å². The maximum absolute atomic E-state index is 10.6. The lowest BCUT2D eigenvalue weighted by Crippen LogP contribution is -2.11. The number of para-hydroxylation sites is 2. The lowest BCUT2D eigenvalue weighted by molar-refractivity contribution is -0.140. The summed E-state index contributed by atoms with van der Waals surface area (Å²) < 4.78 is 9.56. The van der Waals surface area contributed by atoms with Crippen molar-refractivity contribution in [3.05, 3.63) is 59.7 Å². The fraction of sp³-hybridized carbons (Fsp3) is 0.111. The number of benzene rings is 2. The van der Waals surface area contributed by atoms with Gasteiger partial charge in [0.05, 0.1) is 0 Å². The number of carbonyl (C=O) groups is 4. The normalized spacial score (nSPS) is 9.43. The van der Waals surface area contributed by atoms with Gasteiger partial charge in [-0.25, -0.2) is 19.2 Å². The number of ether oxygens (including phenoxy) is 2. The summed E-state index contributed by atoms with van der Waals surface area (Å²) in [6.07, 6.45) is 0. The second-order valence-corrected chi connectivity index (χ2v) is 4.97. The largest absolute Gasteiger partial charge is 0.481 e. The molecule has 2 aromatic rings. The first kappa shape index (κ1) is 22.0. The Morgan fingerprint density at radius 3 is 1.21 bits per heavy atom. The predicted molar refractivity (Wildman–Crippen MR) is 93.1 cm³/mol. The Kier molecular flexibility index (Phi) is 8.48. The quantitative estimate of drug-likeness (QED) is 0.519. The average molecular weight is 392 g/mol. The van der Waals surface area contributed by atoms with Gasteiger partial charge < -0.3 is 29.9 Å². The molecule has 0 saturated carbocycles. The molecular formula is C18H16O10. The summed E-state index contributed by atoms with van der Waals surface area (Å²) in [5.74, 6) is -4.47. The summed E-state index contributed by atoms with van der Waals surface area (Å²) in [7, 11) is 0. The first-order valence-corrected chi connectivity index (χ1v) is 7.56. The van der Waals surface area contributed by atoms with Crippen molar-refractivity contribution >= 4 is 23.9 Å². The monoisotopic (exact) mass is 392 g/mol. The minimum Gasteiger partial charge on any atom is -0.481 e. The van der Waals surface area contributed by atoms with Crippen LogP contribution in [-0.2, 0) is 9.59 Å². The molecule has 0 aromatic heterocycles. The molecule has 28 heavy (non-hydrogen) atoms. The summed E-state index contributed by atoms with van der Waals surface area (Å²) >= 11 is 0. The van der Waals surface area contributed by atoms with E-state index < -0.39 is 37.1 Å². The Morgan fingerprint density at radius 1 is 0.607 bits per heavy atom. The van der Waals surface area contributed by atoms with E-state index in [9.17, 15) is 19.2 Å². The molecule has 0 aliphatic rings. The lowest BCUT2D eigenvalue weighted by Gasteiger charge is -2.05. The third-order valence-corrected chi connectivity index (χ3v) is 2.94. The van der Waals surface area contributed by atoms with Crippen LogP contribution in [0.1, 0.15) is 20.7 Å². The van der Waals surface area contributed by atoms with Crippen molar-refractivity contribution in [1.29, 1.82) is 0 Å². The first-order valence-electron chi connectivity index (χ1n) is 7.56. The van der Waals surface area contributed by atoms with Crippen molar-refractivity contribution in [2.24, 2.45) is 0 Å². The summed E-state index contributed by atoms with van der Waals surface area (Å²) in [6, 6.07) is 11.7. The van der Waals surface area contributed by atoms with Crippen LogP contribution in [0, 0.1) is 0 Å². The van der Waals surface area contributed by atoms with E-state index in [2.05, 4.69) is 0 Å². The molecule has 0 aliphatic heterocycles. The maximum atomic E-state index is 10.6. The second kappa shape index (κ2) is 10.8. The molecule has 0 saturated heterocycles. The fourth-order valence-electron chi connectivity index (χ4n) is 1.82. The number of aliphatic carboxylic acids is 2. The maximum Gasteiger partial charge on any atom is 0.341 e. The van der Waals surface area contributed by atoms with Crippen LogP contribution in [0.25, 0.3) is 0 Å². The highest BCUT2D eigenvalue weighted by Gasteiger charge is 2.11. The van der Waals surface area contributed by atoms with Crippen LogP contribution in [-0.4, -0.2) is 57.5 Å². The second-order valence-electron chi connectivity index (χ2n) is 4.97. The van der Waals surface area contributed by atoms with E-state index in [1.165, 1.54) is 36.4 Å². The van der Waals surface area contributed by atoms with Gasteiger partial charge in [0.2, 0.25) is 0 Å². The van der Waals surface area contributed by atoms with E-state index in [1.54, 1.807) is 12.1 Å². The highest BCUT2D eigenvalue weighted by atomic mass is 16.5. The van der Waals surface area contributed by atoms with Crippen LogP contribution >= 0.6 is 0 Å². The van der Waals surface area contributed by atoms with Gasteiger partial charge in [-0.2, -0.15) is 0 Å². The Balaban J connectivity index is 0.000000280. The Hall–Kier alpha value is -4.08. The van der Waals surface area contributed by atoms with Gasteiger partial charge in [0, 0.05) is 0 Å². The van der Waals surface area contributed by atoms with Gasteiger partial charge in [-0.05, 0) is 24.3 Å². The van der Waals surface area contributed by atoms with Crippen LogP contribution < -0.4 is 9.47 Å². The van der Waals surface area contributed by atoms with Crippen molar-refractivity contribution in [2.75, 3.05) is 13.2 Å². The number of carboxylic acid groups (broad SMARTS) is 4. The molecule has 0 unspecified atom stereocenters. The van der Waals surface area contributed by atoms with E-state index in [4.69, 9.17) is 29.9 Å². The third kappa shape index (κ3) is 7.44. The van der Waals surface area contributed by atoms with Crippen molar-refractivity contribution in [2.45, 2.75) is 0 Å². The highest BCUT2D eigenvalue weighted by Crippen LogP contribution is 2.18. The van der Waals surface area contributed by atoms with Gasteiger partial charge in [0.1, 0.15) is 22.6 Å². The van der Waals surface area contributed by atoms with Crippen LogP contribution in [0.4, 0.5) is 0 Å². The molecule has 0 radical (unpaired) electrons.